The van der Waals surface area contributed by atoms with Crippen LogP contribution >= 0.6 is 21.6 Å². The fourth-order valence-corrected chi connectivity index (χ4v) is 4.22. The second-order valence-electron chi connectivity index (χ2n) is 7.81. The van der Waals surface area contributed by atoms with E-state index in [9.17, 15) is 9.59 Å². The lowest BCUT2D eigenvalue weighted by Gasteiger charge is -2.12. The van der Waals surface area contributed by atoms with Gasteiger partial charge >= 0.3 is 0 Å². The van der Waals surface area contributed by atoms with E-state index in [1.807, 2.05) is 45.0 Å². The summed E-state index contributed by atoms with van der Waals surface area (Å²) < 4.78 is 11.0. The summed E-state index contributed by atoms with van der Waals surface area (Å²) in [4.78, 5) is 24.8. The zero-order valence-electron chi connectivity index (χ0n) is 20.2. The molecule has 0 radical (unpaired) electrons. The van der Waals surface area contributed by atoms with Gasteiger partial charge in [0.25, 0.3) is 5.91 Å². The van der Waals surface area contributed by atoms with Crippen molar-refractivity contribution in [1.29, 1.82) is 0 Å². The molecule has 0 aliphatic carbocycles. The molecule has 33 heavy (non-hydrogen) atoms. The fraction of sp³-hybridized carbons (Fsp3) is 0.583. The zero-order chi connectivity index (χ0) is 24.5. The summed E-state index contributed by atoms with van der Waals surface area (Å²) >= 11 is 0. The summed E-state index contributed by atoms with van der Waals surface area (Å²) in [5.74, 6) is 5.91. The molecule has 0 bridgehead atoms. The van der Waals surface area contributed by atoms with Gasteiger partial charge < -0.3 is 25.4 Å². The maximum Gasteiger partial charge on any atom is 0.251 e. The monoisotopic (exact) mass is 501 g/mol. The number of hydrogen-bond acceptors (Lipinski definition) is 7. The third-order valence-corrected chi connectivity index (χ3v) is 6.58. The van der Waals surface area contributed by atoms with Gasteiger partial charge in [-0.1, -0.05) is 61.1 Å². The minimum Gasteiger partial charge on any atom is -0.369 e. The Morgan fingerprint density at radius 2 is 1.76 bits per heavy atom. The van der Waals surface area contributed by atoms with Crippen molar-refractivity contribution in [2.75, 3.05) is 39.5 Å². The normalized spacial score (nSPS) is 11.7. The summed E-state index contributed by atoms with van der Waals surface area (Å²) in [6.45, 7) is 12.5. The Balaban J connectivity index is -0.00000363. The second kappa shape index (κ2) is 17.7. The highest BCUT2D eigenvalue weighted by Crippen LogP contribution is 2.34. The molecule has 1 atom stereocenters. The van der Waals surface area contributed by atoms with E-state index < -0.39 is 0 Å². The fourth-order valence-electron chi connectivity index (χ4n) is 2.34. The van der Waals surface area contributed by atoms with Crippen LogP contribution in [0, 0.1) is 17.8 Å². The number of carbonyl (C=O) groups excluding carboxylic acids is 2. The van der Waals surface area contributed by atoms with Gasteiger partial charge in [0, 0.05) is 39.8 Å². The molecule has 2 amide bonds. The van der Waals surface area contributed by atoms with E-state index in [1.54, 1.807) is 21.6 Å². The molecular weight excluding hydrogens is 458 g/mol. The number of carbonyl (C=O) groups is 2. The lowest BCUT2D eigenvalue weighted by molar-refractivity contribution is -0.126. The van der Waals surface area contributed by atoms with Gasteiger partial charge in [-0.15, -0.1) is 0 Å². The van der Waals surface area contributed by atoms with Crippen LogP contribution in [0.3, 0.4) is 0 Å². The number of benzene rings is 1. The van der Waals surface area contributed by atoms with Crippen LogP contribution in [-0.2, 0) is 14.3 Å². The topological polar surface area (TPSA) is 88.7 Å². The Morgan fingerprint density at radius 3 is 2.42 bits per heavy atom. The summed E-state index contributed by atoms with van der Waals surface area (Å²) in [5, 5.41) is 8.86. The minimum atomic E-state index is -0.185. The van der Waals surface area contributed by atoms with Crippen molar-refractivity contribution in [3.8, 4) is 11.8 Å². The van der Waals surface area contributed by atoms with E-state index in [-0.39, 0.29) is 28.1 Å². The third-order valence-electron chi connectivity index (χ3n) is 3.94. The Kier molecular flexibility index (Phi) is 15.8. The van der Waals surface area contributed by atoms with Crippen molar-refractivity contribution in [2.45, 2.75) is 51.0 Å². The van der Waals surface area contributed by atoms with E-state index >= 15 is 0 Å². The number of nitrogens with one attached hydrogen (secondary N) is 3. The molecule has 0 saturated heterocycles. The van der Waals surface area contributed by atoms with Gasteiger partial charge in [-0.3, -0.25) is 9.59 Å². The highest BCUT2D eigenvalue weighted by Gasteiger charge is 2.08. The first-order chi connectivity index (χ1) is 15.8. The van der Waals surface area contributed by atoms with E-state index in [0.717, 1.165) is 11.4 Å². The molecule has 1 aromatic rings. The molecule has 0 heterocycles. The Bertz CT molecular complexity index is 776. The van der Waals surface area contributed by atoms with Crippen molar-refractivity contribution < 1.29 is 23.3 Å². The average Bonchev–Trinajstić information content (AvgIpc) is 2.78. The van der Waals surface area contributed by atoms with Gasteiger partial charge in [0.15, 0.2) is 0 Å². The molecule has 0 fully saturated rings. The summed E-state index contributed by atoms with van der Waals surface area (Å²) in [6, 6.07) is 7.92. The molecule has 0 aromatic heterocycles. The molecule has 3 N–H and O–H groups in total. The molecule has 0 aliphatic rings. The lowest BCUT2D eigenvalue weighted by Crippen LogP contribution is -2.34. The van der Waals surface area contributed by atoms with Crippen molar-refractivity contribution in [2.24, 2.45) is 5.92 Å². The second-order valence-corrected chi connectivity index (χ2v) is 10.4. The molecule has 190 valence electrons. The zero-order valence-corrected chi connectivity index (χ0v) is 21.9. The molecule has 0 saturated carbocycles. The molecule has 1 rings (SSSR count). The molecule has 9 heteroatoms. The maximum absolute atomic E-state index is 12.2. The van der Waals surface area contributed by atoms with Crippen LogP contribution < -0.4 is 16.0 Å². The molecule has 0 spiro atoms. The first-order valence-electron chi connectivity index (χ1n) is 11.2. The molecule has 1 unspecified atom stereocenters. The summed E-state index contributed by atoms with van der Waals surface area (Å²) in [5.41, 5.74) is 0.599. The number of rotatable bonds is 15. The third kappa shape index (κ3) is 15.7. The SMILES string of the molecule is CC(C)C#CCNC(=O)COCCOC(C)SSc1ccc(C(=O)NCCNC(C)C)cc1.[HH].[HH].[HH]. The minimum absolute atomic E-state index is 0. The van der Waals surface area contributed by atoms with Crippen LogP contribution in [0.2, 0.25) is 0 Å². The number of amides is 2. The number of ether oxygens (including phenoxy) is 2. The number of hydrogen-bond donors (Lipinski definition) is 3. The van der Waals surface area contributed by atoms with E-state index in [1.165, 1.54) is 0 Å². The highest BCUT2D eigenvalue weighted by molar-refractivity contribution is 8.76. The predicted octanol–water partition coefficient (Wildman–Crippen LogP) is 4.05. The lowest BCUT2D eigenvalue weighted by atomic mass is 10.2. The van der Waals surface area contributed by atoms with Crippen molar-refractivity contribution in [3.05, 3.63) is 29.8 Å². The van der Waals surface area contributed by atoms with Crippen LogP contribution in [-0.4, -0.2) is 62.7 Å². The summed E-state index contributed by atoms with van der Waals surface area (Å²) in [7, 11) is 3.17. The smallest absolute Gasteiger partial charge is 0.251 e. The molecular formula is C24H43N3O4S2. The van der Waals surface area contributed by atoms with Gasteiger partial charge in [-0.2, -0.15) is 0 Å². The van der Waals surface area contributed by atoms with Crippen LogP contribution in [0.4, 0.5) is 0 Å². The quantitative estimate of drug-likeness (QED) is 0.145. The molecule has 1 aromatic carbocycles. The first kappa shape index (κ1) is 29.3. The van der Waals surface area contributed by atoms with Crippen LogP contribution in [0.15, 0.2) is 29.2 Å². The molecule has 7 nitrogen and oxygen atoms in total. The first-order valence-corrected chi connectivity index (χ1v) is 13.4. The average molecular weight is 502 g/mol. The van der Waals surface area contributed by atoms with E-state index in [2.05, 4.69) is 41.6 Å². The van der Waals surface area contributed by atoms with Crippen molar-refractivity contribution in [1.82, 2.24) is 16.0 Å². The van der Waals surface area contributed by atoms with E-state index in [0.29, 0.717) is 43.8 Å². The van der Waals surface area contributed by atoms with E-state index in [4.69, 9.17) is 9.47 Å². The summed E-state index contributed by atoms with van der Waals surface area (Å²) in [6.07, 6.45) is 0. The van der Waals surface area contributed by atoms with Crippen molar-refractivity contribution >= 4 is 33.4 Å². The Labute approximate surface area is 210 Å². The van der Waals surface area contributed by atoms with Gasteiger partial charge in [0.1, 0.15) is 12.0 Å². The van der Waals surface area contributed by atoms with Gasteiger partial charge in [0.2, 0.25) is 5.91 Å². The van der Waals surface area contributed by atoms with Gasteiger partial charge in [-0.25, -0.2) is 0 Å². The molecule has 0 aliphatic heterocycles. The van der Waals surface area contributed by atoms with Crippen LogP contribution in [0.5, 0.6) is 0 Å². The standard InChI is InChI=1S/C24H37N3O4S2.3H2/c1-18(2)7-6-12-26-23(28)17-30-15-16-31-20(5)32-33-22-10-8-21(9-11-22)24(29)27-14-13-25-19(3)4;;;/h8-11,18-20,25H,12-17H2,1-5H3,(H,26,28)(H,27,29);3*1H. The Morgan fingerprint density at radius 1 is 1.03 bits per heavy atom. The Hall–Kier alpha value is -1.70. The van der Waals surface area contributed by atoms with Crippen molar-refractivity contribution in [3.63, 3.8) is 0 Å². The largest absolute Gasteiger partial charge is 0.369 e. The maximum atomic E-state index is 12.2. The van der Waals surface area contributed by atoms with Crippen LogP contribution in [0.25, 0.3) is 0 Å². The van der Waals surface area contributed by atoms with Gasteiger partial charge in [0.05, 0.1) is 19.8 Å². The van der Waals surface area contributed by atoms with Gasteiger partial charge in [-0.05, 0) is 31.2 Å². The highest BCUT2D eigenvalue weighted by atomic mass is 33.1. The van der Waals surface area contributed by atoms with Crippen LogP contribution in [0.1, 0.15) is 49.3 Å². The predicted molar refractivity (Wildman–Crippen MR) is 144 cm³/mol.